The molecule has 14 nitrogen and oxygen atoms in total. The summed E-state index contributed by atoms with van der Waals surface area (Å²) in [7, 11) is -4.18. The van der Waals surface area contributed by atoms with Crippen LogP contribution in [0.15, 0.2) is 71.6 Å². The molecule has 3 atom stereocenters. The Bertz CT molecular complexity index is 1910. The molecule has 3 aromatic rings. The molecule has 16 heteroatoms. The number of nitrogens with zero attached hydrogens (tertiary/aromatic N) is 4. The van der Waals surface area contributed by atoms with Crippen LogP contribution in [0.2, 0.25) is 5.02 Å². The van der Waals surface area contributed by atoms with Gasteiger partial charge in [0, 0.05) is 24.7 Å². The summed E-state index contributed by atoms with van der Waals surface area (Å²) in [4.78, 5) is 54.0. The fourth-order valence-electron chi connectivity index (χ4n) is 6.21. The number of rotatable bonds is 16. The van der Waals surface area contributed by atoms with Crippen molar-refractivity contribution in [2.75, 3.05) is 25.4 Å². The molecular weight excluding hydrogens is 712 g/mol. The van der Waals surface area contributed by atoms with Crippen LogP contribution >= 0.6 is 11.6 Å². The van der Waals surface area contributed by atoms with Crippen molar-refractivity contribution in [2.24, 2.45) is 11.8 Å². The van der Waals surface area contributed by atoms with E-state index in [-0.39, 0.29) is 53.3 Å². The zero-order valence-electron chi connectivity index (χ0n) is 29.7. The number of anilines is 1. The second-order valence-corrected chi connectivity index (χ2v) is 16.0. The number of carbonyl (C=O) groups excluding carboxylic acids is 3. The zero-order valence-corrected chi connectivity index (χ0v) is 31.3. The average Bonchev–Trinajstić information content (AvgIpc) is 3.34. The first-order valence-corrected chi connectivity index (χ1v) is 18.7. The topological polar surface area (TPSA) is 196 Å². The number of nitrogen functional groups attached to an aromatic ring is 1. The molecule has 4 rings (SSSR count). The molecule has 4 N–H and O–H groups in total. The van der Waals surface area contributed by atoms with Crippen LogP contribution in [0, 0.1) is 28.9 Å². The van der Waals surface area contributed by atoms with Crippen LogP contribution in [0.1, 0.15) is 44.4 Å². The van der Waals surface area contributed by atoms with E-state index in [0.29, 0.717) is 11.1 Å². The summed E-state index contributed by atoms with van der Waals surface area (Å²) in [6.07, 6.45) is -1.30. The number of benzene rings is 3. The number of nitrogens with one attached hydrogen (secondary N) is 1. The number of hydrogen-bond donors (Lipinski definition) is 3. The van der Waals surface area contributed by atoms with Crippen molar-refractivity contribution in [3.05, 3.63) is 98.6 Å². The Hall–Kier alpha value is -4.57. The number of nitrogens with two attached hydrogens (primary N) is 1. The lowest BCUT2D eigenvalue weighted by atomic mass is 9.97. The Labute approximate surface area is 308 Å². The minimum absolute atomic E-state index is 0.0484. The average molecular weight is 757 g/mol. The first kappa shape index (κ1) is 40.2. The molecule has 1 unspecified atom stereocenters. The number of sulfonamides is 1. The van der Waals surface area contributed by atoms with E-state index in [9.17, 15) is 38.0 Å². The van der Waals surface area contributed by atoms with Crippen molar-refractivity contribution in [1.82, 2.24) is 19.4 Å². The number of hydrogen-bond acceptors (Lipinski definition) is 9. The summed E-state index contributed by atoms with van der Waals surface area (Å²) in [5.41, 5.74) is 7.33. The second kappa shape index (κ2) is 16.8. The molecule has 0 saturated carbocycles. The lowest BCUT2D eigenvalue weighted by molar-refractivity contribution is -0.385. The highest BCUT2D eigenvalue weighted by molar-refractivity contribution is 7.89. The SMILES string of the molecule is Cc1c(CN2C(=O)CN(C(C(=O)N[C@@H](Cc3ccccc3)[C@H](O)CN(CC(C)C)S(=O)(=O)c3ccc(Cl)c(N)c3)C(C)C)C2=O)cccc1[N+](=O)[O-]. The van der Waals surface area contributed by atoms with E-state index in [1.807, 2.05) is 19.9 Å². The van der Waals surface area contributed by atoms with Crippen LogP contribution in [0.5, 0.6) is 0 Å². The van der Waals surface area contributed by atoms with Crippen molar-refractivity contribution in [3.63, 3.8) is 0 Å². The van der Waals surface area contributed by atoms with Crippen LogP contribution in [0.25, 0.3) is 0 Å². The van der Waals surface area contributed by atoms with Gasteiger partial charge in [-0.3, -0.25) is 24.6 Å². The van der Waals surface area contributed by atoms with Gasteiger partial charge in [-0.15, -0.1) is 0 Å². The van der Waals surface area contributed by atoms with E-state index in [1.54, 1.807) is 44.2 Å². The Balaban J connectivity index is 1.61. The van der Waals surface area contributed by atoms with Gasteiger partial charge in [0.2, 0.25) is 15.9 Å². The fourth-order valence-corrected chi connectivity index (χ4v) is 7.99. The van der Waals surface area contributed by atoms with Gasteiger partial charge in [0.05, 0.1) is 39.2 Å². The normalized spacial score (nSPS) is 15.4. The molecule has 4 amide bonds. The van der Waals surface area contributed by atoms with E-state index >= 15 is 0 Å². The number of nitro benzene ring substituents is 1. The minimum atomic E-state index is -4.18. The number of nitro groups is 1. The second-order valence-electron chi connectivity index (χ2n) is 13.7. The van der Waals surface area contributed by atoms with Crippen molar-refractivity contribution < 1.29 is 32.8 Å². The number of imide groups is 1. The summed E-state index contributed by atoms with van der Waals surface area (Å²) in [6, 6.07) is 14.5. The zero-order chi connectivity index (χ0) is 38.5. The first-order chi connectivity index (χ1) is 24.4. The van der Waals surface area contributed by atoms with E-state index in [0.717, 1.165) is 19.7 Å². The minimum Gasteiger partial charge on any atom is -0.397 e. The van der Waals surface area contributed by atoms with Crippen molar-refractivity contribution in [1.29, 1.82) is 0 Å². The quantitative estimate of drug-likeness (QED) is 0.0823. The van der Waals surface area contributed by atoms with Crippen LogP contribution in [0.4, 0.5) is 16.2 Å². The van der Waals surface area contributed by atoms with Gasteiger partial charge in [-0.1, -0.05) is 81.8 Å². The van der Waals surface area contributed by atoms with Gasteiger partial charge in [-0.2, -0.15) is 4.31 Å². The summed E-state index contributed by atoms with van der Waals surface area (Å²) >= 11 is 6.04. The molecule has 0 bridgehead atoms. The van der Waals surface area contributed by atoms with Gasteiger partial charge < -0.3 is 21.1 Å². The number of carbonyl (C=O) groups is 3. The Morgan fingerprint density at radius 2 is 1.73 bits per heavy atom. The Kier molecular flexibility index (Phi) is 13.0. The van der Waals surface area contributed by atoms with Crippen molar-refractivity contribution in [3.8, 4) is 0 Å². The molecule has 0 aliphatic carbocycles. The van der Waals surface area contributed by atoms with E-state index < -0.39 is 63.4 Å². The van der Waals surface area contributed by atoms with E-state index in [4.69, 9.17) is 17.3 Å². The summed E-state index contributed by atoms with van der Waals surface area (Å²) in [5.74, 6) is -1.84. The maximum absolute atomic E-state index is 14.1. The lowest BCUT2D eigenvalue weighted by Crippen LogP contribution is -2.57. The smallest absolute Gasteiger partial charge is 0.328 e. The molecular formula is C36H45ClN6O8S. The Morgan fingerprint density at radius 1 is 1.06 bits per heavy atom. The monoisotopic (exact) mass is 756 g/mol. The molecule has 0 radical (unpaired) electrons. The van der Waals surface area contributed by atoms with Gasteiger partial charge >= 0.3 is 6.03 Å². The standard InChI is InChI=1S/C36H45ClN6O8S/c1-22(2)18-40(52(50,51)27-14-15-28(37)29(38)17-27)20-32(44)30(16-25-10-7-6-8-11-25)39-35(46)34(23(3)4)42-21-33(45)41(36(42)47)19-26-12-9-13-31(24(26)5)43(48)49/h6-15,17,22-23,30,32,34,44H,16,18-21,38H2,1-5H3,(H,39,46)/t30-,32+,34?/m0/s1. The lowest BCUT2D eigenvalue weighted by Gasteiger charge is -2.34. The Morgan fingerprint density at radius 3 is 2.33 bits per heavy atom. The van der Waals surface area contributed by atoms with E-state index in [1.165, 1.54) is 37.3 Å². The van der Waals surface area contributed by atoms with Crippen LogP contribution in [-0.2, 0) is 32.6 Å². The number of aliphatic hydroxyl groups excluding tert-OH is 1. The molecule has 1 saturated heterocycles. The molecule has 1 aliphatic heterocycles. The number of amides is 4. The van der Waals surface area contributed by atoms with Gasteiger partial charge in [0.1, 0.15) is 12.6 Å². The number of aliphatic hydroxyl groups is 1. The highest BCUT2D eigenvalue weighted by Crippen LogP contribution is 2.28. The predicted molar refractivity (Wildman–Crippen MR) is 197 cm³/mol. The van der Waals surface area contributed by atoms with Crippen LogP contribution < -0.4 is 11.1 Å². The summed E-state index contributed by atoms with van der Waals surface area (Å²) < 4.78 is 28.9. The highest BCUT2D eigenvalue weighted by Gasteiger charge is 2.44. The largest absolute Gasteiger partial charge is 0.397 e. The van der Waals surface area contributed by atoms with Gasteiger partial charge in [-0.25, -0.2) is 13.2 Å². The third-order valence-electron chi connectivity index (χ3n) is 8.92. The highest BCUT2D eigenvalue weighted by atomic mass is 35.5. The molecule has 0 spiro atoms. The van der Waals surface area contributed by atoms with Crippen LogP contribution in [0.3, 0.4) is 0 Å². The third kappa shape index (κ3) is 9.26. The molecule has 3 aromatic carbocycles. The van der Waals surface area contributed by atoms with Crippen molar-refractivity contribution in [2.45, 2.75) is 70.7 Å². The van der Waals surface area contributed by atoms with E-state index in [2.05, 4.69) is 5.32 Å². The van der Waals surface area contributed by atoms with Crippen LogP contribution in [-0.4, -0.2) is 88.2 Å². The molecule has 1 aliphatic rings. The fraction of sp³-hybridized carbons (Fsp3) is 0.417. The van der Waals surface area contributed by atoms with Gasteiger partial charge in [0.25, 0.3) is 11.6 Å². The first-order valence-electron chi connectivity index (χ1n) is 16.8. The summed E-state index contributed by atoms with van der Waals surface area (Å²) in [6.45, 7) is 7.68. The van der Waals surface area contributed by atoms with Gasteiger partial charge in [0.15, 0.2) is 0 Å². The predicted octanol–water partition coefficient (Wildman–Crippen LogP) is 4.36. The number of urea groups is 1. The maximum atomic E-state index is 14.1. The third-order valence-corrected chi connectivity index (χ3v) is 11.1. The molecule has 280 valence electrons. The maximum Gasteiger partial charge on any atom is 0.328 e. The molecule has 1 heterocycles. The number of halogens is 1. The molecule has 1 fully saturated rings. The molecule has 0 aromatic heterocycles. The van der Waals surface area contributed by atoms with Crippen molar-refractivity contribution >= 4 is 50.8 Å². The molecule has 52 heavy (non-hydrogen) atoms. The summed E-state index contributed by atoms with van der Waals surface area (Å²) in [5, 5.41) is 26.3. The van der Waals surface area contributed by atoms with Gasteiger partial charge in [-0.05, 0) is 54.5 Å².